The molecule has 2 fully saturated rings. The number of aromatic nitrogens is 2. The quantitative estimate of drug-likeness (QED) is 0.852. The van der Waals surface area contributed by atoms with E-state index in [4.69, 9.17) is 4.74 Å². The Balaban J connectivity index is 1.52. The van der Waals surface area contributed by atoms with E-state index >= 15 is 0 Å². The molecule has 1 N–H and O–H groups in total. The molecule has 0 spiro atoms. The average molecular weight is 404 g/mol. The van der Waals surface area contributed by atoms with E-state index in [1.165, 1.54) is 0 Å². The van der Waals surface area contributed by atoms with Crippen molar-refractivity contribution in [1.29, 1.82) is 0 Å². The molecule has 1 amide bonds. The number of hydrogen-bond acceptors (Lipinski definition) is 3. The summed E-state index contributed by atoms with van der Waals surface area (Å²) in [6.45, 7) is 1.34. The largest absolute Gasteiger partial charge is 0.381 e. The summed E-state index contributed by atoms with van der Waals surface area (Å²) in [6.07, 6.45) is 6.40. The molecule has 25 heavy (non-hydrogen) atoms. The minimum absolute atomic E-state index is 0.0519. The van der Waals surface area contributed by atoms with Crippen LogP contribution in [0, 0.1) is 5.92 Å². The van der Waals surface area contributed by atoms with Gasteiger partial charge in [0.1, 0.15) is 0 Å². The van der Waals surface area contributed by atoms with Crippen LogP contribution in [-0.2, 0) is 22.1 Å². The van der Waals surface area contributed by atoms with Gasteiger partial charge in [-0.3, -0.25) is 9.48 Å². The maximum absolute atomic E-state index is 12.9. The van der Waals surface area contributed by atoms with Crippen molar-refractivity contribution in [2.45, 2.75) is 30.7 Å². The Bertz CT molecular complexity index is 782. The standard InChI is InChI=1S/C19H22BrN3O2/c1-23-12-13(11-21-23)16-10-17(16)18(24)22-19(5-7-25-8-6-19)14-3-2-4-15(20)9-14/h2-4,9,11-12,16-17H,5-8,10H2,1H3,(H,22,24). The van der Waals surface area contributed by atoms with Gasteiger partial charge in [-0.25, -0.2) is 0 Å². The molecule has 4 rings (SSSR count). The number of benzene rings is 1. The number of amides is 1. The van der Waals surface area contributed by atoms with Crippen molar-refractivity contribution in [3.63, 3.8) is 0 Å². The average Bonchev–Trinajstić information content (AvgIpc) is 3.30. The van der Waals surface area contributed by atoms with Crippen LogP contribution in [0.1, 0.15) is 36.3 Å². The number of carbonyl (C=O) groups excluding carboxylic acids is 1. The number of hydrogen-bond donors (Lipinski definition) is 1. The fourth-order valence-electron chi connectivity index (χ4n) is 3.81. The van der Waals surface area contributed by atoms with Gasteiger partial charge < -0.3 is 10.1 Å². The predicted molar refractivity (Wildman–Crippen MR) is 98.1 cm³/mol. The van der Waals surface area contributed by atoms with Gasteiger partial charge in [-0.2, -0.15) is 5.10 Å². The highest BCUT2D eigenvalue weighted by molar-refractivity contribution is 9.10. The number of aryl methyl sites for hydroxylation is 1. The number of halogens is 1. The fraction of sp³-hybridized carbons (Fsp3) is 0.474. The third kappa shape index (κ3) is 3.37. The second kappa shape index (κ2) is 6.57. The third-order valence-corrected chi connectivity index (χ3v) is 5.86. The third-order valence-electron chi connectivity index (χ3n) is 5.37. The first kappa shape index (κ1) is 16.8. The highest BCUT2D eigenvalue weighted by Crippen LogP contribution is 2.48. The molecule has 2 unspecified atom stereocenters. The SMILES string of the molecule is Cn1cc(C2CC2C(=O)NC2(c3cccc(Br)c3)CCOCC2)cn1. The lowest BCUT2D eigenvalue weighted by atomic mass is 9.82. The molecule has 1 aromatic carbocycles. The van der Waals surface area contributed by atoms with E-state index in [1.54, 1.807) is 4.68 Å². The van der Waals surface area contributed by atoms with Gasteiger partial charge in [0.05, 0.1) is 11.7 Å². The van der Waals surface area contributed by atoms with E-state index in [2.05, 4.69) is 38.5 Å². The molecule has 132 valence electrons. The number of carbonyl (C=O) groups is 1. The topological polar surface area (TPSA) is 56.2 Å². The van der Waals surface area contributed by atoms with E-state index in [-0.39, 0.29) is 17.4 Å². The summed E-state index contributed by atoms with van der Waals surface area (Å²) in [6, 6.07) is 8.25. The monoisotopic (exact) mass is 403 g/mol. The van der Waals surface area contributed by atoms with E-state index in [0.29, 0.717) is 19.1 Å². The normalized spacial score (nSPS) is 24.7. The molecule has 1 aliphatic carbocycles. The second-order valence-corrected chi connectivity index (χ2v) is 8.01. The smallest absolute Gasteiger partial charge is 0.224 e. The summed E-state index contributed by atoms with van der Waals surface area (Å²) in [4.78, 5) is 12.9. The van der Waals surface area contributed by atoms with Gasteiger partial charge in [-0.05, 0) is 48.4 Å². The molecule has 2 atom stereocenters. The van der Waals surface area contributed by atoms with Gasteiger partial charge in [0.15, 0.2) is 0 Å². The van der Waals surface area contributed by atoms with Crippen molar-refractivity contribution in [3.8, 4) is 0 Å². The van der Waals surface area contributed by atoms with Crippen LogP contribution in [-0.4, -0.2) is 28.9 Å². The highest BCUT2D eigenvalue weighted by atomic mass is 79.9. The number of ether oxygens (including phenoxy) is 1. The first-order valence-corrected chi connectivity index (χ1v) is 9.51. The molecule has 1 saturated heterocycles. The Morgan fingerprint density at radius 2 is 2.20 bits per heavy atom. The zero-order valence-corrected chi connectivity index (χ0v) is 15.8. The van der Waals surface area contributed by atoms with Crippen LogP contribution < -0.4 is 5.32 Å². The molecule has 6 heteroatoms. The van der Waals surface area contributed by atoms with Gasteiger partial charge in [-0.1, -0.05) is 28.1 Å². The maximum Gasteiger partial charge on any atom is 0.224 e. The molecule has 2 heterocycles. The van der Waals surface area contributed by atoms with Gasteiger partial charge in [0.25, 0.3) is 0 Å². The zero-order valence-electron chi connectivity index (χ0n) is 14.2. The van der Waals surface area contributed by atoms with Crippen LogP contribution in [0.15, 0.2) is 41.1 Å². The van der Waals surface area contributed by atoms with Gasteiger partial charge >= 0.3 is 0 Å². The van der Waals surface area contributed by atoms with Gasteiger partial charge in [-0.15, -0.1) is 0 Å². The zero-order chi connectivity index (χ0) is 17.4. The first-order valence-electron chi connectivity index (χ1n) is 8.72. The Labute approximate surface area is 155 Å². The summed E-state index contributed by atoms with van der Waals surface area (Å²) >= 11 is 3.55. The van der Waals surface area contributed by atoms with E-state index in [9.17, 15) is 4.79 Å². The van der Waals surface area contributed by atoms with Crippen molar-refractivity contribution < 1.29 is 9.53 Å². The van der Waals surface area contributed by atoms with Crippen molar-refractivity contribution in [2.24, 2.45) is 13.0 Å². The van der Waals surface area contributed by atoms with Crippen LogP contribution in [0.4, 0.5) is 0 Å². The van der Waals surface area contributed by atoms with Crippen molar-refractivity contribution >= 4 is 21.8 Å². The predicted octanol–water partition coefficient (Wildman–Crippen LogP) is 3.11. The number of rotatable bonds is 4. The Morgan fingerprint density at radius 3 is 2.88 bits per heavy atom. The van der Waals surface area contributed by atoms with Crippen LogP contribution >= 0.6 is 15.9 Å². The Hall–Kier alpha value is -1.66. The Kier molecular flexibility index (Phi) is 4.41. The molecular weight excluding hydrogens is 382 g/mol. The minimum Gasteiger partial charge on any atom is -0.381 e. The van der Waals surface area contributed by atoms with Crippen LogP contribution in [0.3, 0.4) is 0 Å². The summed E-state index contributed by atoms with van der Waals surface area (Å²) in [5.74, 6) is 0.500. The lowest BCUT2D eigenvalue weighted by molar-refractivity contribution is -0.125. The first-order chi connectivity index (χ1) is 12.1. The molecule has 1 aliphatic heterocycles. The molecule has 2 aromatic rings. The minimum atomic E-state index is -0.332. The lowest BCUT2D eigenvalue weighted by Crippen LogP contribution is -2.50. The van der Waals surface area contributed by atoms with Gasteiger partial charge in [0, 0.05) is 36.8 Å². The van der Waals surface area contributed by atoms with Gasteiger partial charge in [0.2, 0.25) is 5.91 Å². The Morgan fingerprint density at radius 1 is 1.40 bits per heavy atom. The molecule has 5 nitrogen and oxygen atoms in total. The molecular formula is C19H22BrN3O2. The summed E-state index contributed by atoms with van der Waals surface area (Å²) in [7, 11) is 1.91. The van der Waals surface area contributed by atoms with E-state index in [0.717, 1.165) is 34.9 Å². The van der Waals surface area contributed by atoms with Crippen LogP contribution in [0.5, 0.6) is 0 Å². The molecule has 0 radical (unpaired) electrons. The molecule has 2 aliphatic rings. The molecule has 1 saturated carbocycles. The fourth-order valence-corrected chi connectivity index (χ4v) is 4.20. The molecule has 0 bridgehead atoms. The summed E-state index contributed by atoms with van der Waals surface area (Å²) in [5.41, 5.74) is 1.98. The van der Waals surface area contributed by atoms with E-state index in [1.807, 2.05) is 31.6 Å². The van der Waals surface area contributed by atoms with Crippen molar-refractivity contribution in [3.05, 3.63) is 52.3 Å². The van der Waals surface area contributed by atoms with E-state index < -0.39 is 0 Å². The molecule has 1 aromatic heterocycles. The van der Waals surface area contributed by atoms with Crippen molar-refractivity contribution in [2.75, 3.05) is 13.2 Å². The highest BCUT2D eigenvalue weighted by Gasteiger charge is 2.47. The van der Waals surface area contributed by atoms with Crippen LogP contribution in [0.25, 0.3) is 0 Å². The van der Waals surface area contributed by atoms with Crippen molar-refractivity contribution in [1.82, 2.24) is 15.1 Å². The summed E-state index contributed by atoms with van der Waals surface area (Å²) in [5, 5.41) is 7.60. The second-order valence-electron chi connectivity index (χ2n) is 7.09. The van der Waals surface area contributed by atoms with Crippen LogP contribution in [0.2, 0.25) is 0 Å². The number of nitrogens with zero attached hydrogens (tertiary/aromatic N) is 2. The summed E-state index contributed by atoms with van der Waals surface area (Å²) < 4.78 is 8.38. The maximum atomic E-state index is 12.9. The number of nitrogens with one attached hydrogen (secondary N) is 1. The lowest BCUT2D eigenvalue weighted by Gasteiger charge is -2.38.